The third-order valence-electron chi connectivity index (χ3n) is 5.95. The standard InChI is InChI=1S/C27H22Cl2N2O4/c1-15-7-6-10-23(16(15)2)31-26(33)20(25(32)30-27(31)34)11-17-12-22(29)19(24(13-17)35-3)14-18-8-4-5-9-21(18)28/h4-13H,14H2,1-3H3,(H,30,32,34)/b20-11+. The Bertz CT molecular complexity index is 1400. The van der Waals surface area contributed by atoms with Gasteiger partial charge in [0.25, 0.3) is 11.8 Å². The Hall–Kier alpha value is -3.61. The number of carbonyl (C=O) groups excluding carboxylic acids is 3. The van der Waals surface area contributed by atoms with Crippen molar-refractivity contribution >= 4 is 52.8 Å². The van der Waals surface area contributed by atoms with E-state index < -0.39 is 17.8 Å². The van der Waals surface area contributed by atoms with Crippen molar-refractivity contribution in [3.05, 3.63) is 98.0 Å². The molecule has 6 nitrogen and oxygen atoms in total. The second-order valence-electron chi connectivity index (χ2n) is 8.13. The van der Waals surface area contributed by atoms with Crippen LogP contribution in [0, 0.1) is 13.8 Å². The summed E-state index contributed by atoms with van der Waals surface area (Å²) in [5.74, 6) is -1.02. The Morgan fingerprint density at radius 2 is 1.71 bits per heavy atom. The number of anilines is 1. The van der Waals surface area contributed by atoms with Crippen molar-refractivity contribution in [3.8, 4) is 5.75 Å². The molecule has 1 N–H and O–H groups in total. The summed E-state index contributed by atoms with van der Waals surface area (Å²) in [7, 11) is 1.51. The number of ether oxygens (including phenoxy) is 1. The molecule has 3 aromatic carbocycles. The predicted octanol–water partition coefficient (Wildman–Crippen LogP) is 5.88. The molecule has 0 aromatic heterocycles. The molecule has 1 heterocycles. The maximum absolute atomic E-state index is 13.3. The second kappa shape index (κ2) is 9.94. The average molecular weight is 509 g/mol. The van der Waals surface area contributed by atoms with Gasteiger partial charge in [-0.1, -0.05) is 53.5 Å². The van der Waals surface area contributed by atoms with Crippen LogP contribution in [-0.2, 0) is 16.0 Å². The number of amides is 4. The molecule has 0 atom stereocenters. The molecule has 3 aromatic rings. The fraction of sp³-hybridized carbons (Fsp3) is 0.148. The zero-order valence-electron chi connectivity index (χ0n) is 19.3. The van der Waals surface area contributed by atoms with Gasteiger partial charge in [0, 0.05) is 22.0 Å². The van der Waals surface area contributed by atoms with Gasteiger partial charge < -0.3 is 4.74 Å². The minimum atomic E-state index is -0.795. The first-order valence-corrected chi connectivity index (χ1v) is 11.5. The number of hydrogen-bond donors (Lipinski definition) is 1. The molecule has 0 aliphatic carbocycles. The molecule has 0 saturated carbocycles. The molecule has 178 valence electrons. The van der Waals surface area contributed by atoms with E-state index in [2.05, 4.69) is 5.32 Å². The highest BCUT2D eigenvalue weighted by Gasteiger charge is 2.37. The SMILES string of the molecule is COc1cc(/C=C2\C(=O)NC(=O)N(c3cccc(C)c3C)C2=O)cc(Cl)c1Cc1ccccc1Cl. The number of benzene rings is 3. The first-order chi connectivity index (χ1) is 16.7. The Morgan fingerprint density at radius 1 is 0.971 bits per heavy atom. The Kier molecular flexibility index (Phi) is 6.96. The highest BCUT2D eigenvalue weighted by atomic mass is 35.5. The number of imide groups is 2. The van der Waals surface area contributed by atoms with E-state index in [0.29, 0.717) is 33.5 Å². The number of barbiturate groups is 1. The normalized spacial score (nSPS) is 14.9. The van der Waals surface area contributed by atoms with E-state index in [1.807, 2.05) is 38.1 Å². The molecule has 0 spiro atoms. The summed E-state index contributed by atoms with van der Waals surface area (Å²) in [5.41, 5.74) is 3.97. The van der Waals surface area contributed by atoms with Crippen LogP contribution in [0.25, 0.3) is 6.08 Å². The topological polar surface area (TPSA) is 75.7 Å². The molecule has 1 saturated heterocycles. The van der Waals surface area contributed by atoms with Crippen LogP contribution in [0.4, 0.5) is 10.5 Å². The van der Waals surface area contributed by atoms with Crippen LogP contribution in [-0.4, -0.2) is 25.0 Å². The summed E-state index contributed by atoms with van der Waals surface area (Å²) in [6.45, 7) is 3.69. The molecule has 1 aliphatic rings. The lowest BCUT2D eigenvalue weighted by atomic mass is 10.00. The highest BCUT2D eigenvalue weighted by molar-refractivity contribution is 6.39. The van der Waals surface area contributed by atoms with Crippen LogP contribution in [0.15, 0.2) is 60.2 Å². The van der Waals surface area contributed by atoms with Gasteiger partial charge in [-0.3, -0.25) is 14.9 Å². The molecule has 0 unspecified atom stereocenters. The number of rotatable bonds is 5. The molecule has 4 rings (SSSR count). The number of aryl methyl sites for hydroxylation is 1. The van der Waals surface area contributed by atoms with Crippen molar-refractivity contribution < 1.29 is 19.1 Å². The van der Waals surface area contributed by atoms with E-state index in [0.717, 1.165) is 27.2 Å². The average Bonchev–Trinajstić information content (AvgIpc) is 2.82. The summed E-state index contributed by atoms with van der Waals surface area (Å²) in [6.07, 6.45) is 1.84. The van der Waals surface area contributed by atoms with Crippen molar-refractivity contribution in [1.82, 2.24) is 5.32 Å². The number of urea groups is 1. The van der Waals surface area contributed by atoms with Crippen molar-refractivity contribution in [2.24, 2.45) is 0 Å². The minimum Gasteiger partial charge on any atom is -0.496 e. The second-order valence-corrected chi connectivity index (χ2v) is 8.94. The van der Waals surface area contributed by atoms with Crippen molar-refractivity contribution in [1.29, 1.82) is 0 Å². The Morgan fingerprint density at radius 3 is 2.43 bits per heavy atom. The van der Waals surface area contributed by atoms with E-state index in [9.17, 15) is 14.4 Å². The third-order valence-corrected chi connectivity index (χ3v) is 6.66. The van der Waals surface area contributed by atoms with Gasteiger partial charge in [0.1, 0.15) is 11.3 Å². The number of nitrogens with one attached hydrogen (secondary N) is 1. The number of halogens is 2. The van der Waals surface area contributed by atoms with Gasteiger partial charge in [-0.25, -0.2) is 9.69 Å². The smallest absolute Gasteiger partial charge is 0.335 e. The van der Waals surface area contributed by atoms with Gasteiger partial charge >= 0.3 is 6.03 Å². The molecule has 8 heteroatoms. The largest absolute Gasteiger partial charge is 0.496 e. The van der Waals surface area contributed by atoms with E-state index >= 15 is 0 Å². The van der Waals surface area contributed by atoms with E-state index in [4.69, 9.17) is 27.9 Å². The number of carbonyl (C=O) groups is 3. The third kappa shape index (κ3) is 4.81. The van der Waals surface area contributed by atoms with E-state index in [-0.39, 0.29) is 5.57 Å². The van der Waals surface area contributed by atoms with Crippen molar-refractivity contribution in [2.75, 3.05) is 12.0 Å². The number of nitrogens with zero attached hydrogens (tertiary/aromatic N) is 1. The summed E-state index contributed by atoms with van der Waals surface area (Å²) < 4.78 is 5.55. The fourth-order valence-corrected chi connectivity index (χ4v) is 4.41. The molecule has 0 radical (unpaired) electrons. The van der Waals surface area contributed by atoms with Crippen molar-refractivity contribution in [2.45, 2.75) is 20.3 Å². The molecular weight excluding hydrogens is 487 g/mol. The van der Waals surface area contributed by atoms with Gasteiger partial charge in [0.05, 0.1) is 12.8 Å². The molecular formula is C27H22Cl2N2O4. The summed E-state index contributed by atoms with van der Waals surface area (Å²) in [4.78, 5) is 39.4. The molecule has 1 aliphatic heterocycles. The van der Waals surface area contributed by atoms with Gasteiger partial charge in [-0.05, 0) is 66.4 Å². The molecule has 4 amide bonds. The lowest BCUT2D eigenvalue weighted by molar-refractivity contribution is -0.122. The zero-order chi connectivity index (χ0) is 25.3. The van der Waals surface area contributed by atoms with Crippen LogP contribution in [0.5, 0.6) is 5.75 Å². The summed E-state index contributed by atoms with van der Waals surface area (Å²) in [5, 5.41) is 3.25. The fourth-order valence-electron chi connectivity index (χ4n) is 3.92. The first kappa shape index (κ1) is 24.5. The summed E-state index contributed by atoms with van der Waals surface area (Å²) in [6, 6.07) is 15.3. The maximum Gasteiger partial charge on any atom is 0.335 e. The van der Waals surface area contributed by atoms with Gasteiger partial charge in [-0.15, -0.1) is 0 Å². The van der Waals surface area contributed by atoms with Gasteiger partial charge in [0.2, 0.25) is 0 Å². The number of hydrogen-bond acceptors (Lipinski definition) is 4. The van der Waals surface area contributed by atoms with Gasteiger partial charge in [0.15, 0.2) is 0 Å². The lowest BCUT2D eigenvalue weighted by Gasteiger charge is -2.28. The zero-order valence-corrected chi connectivity index (χ0v) is 20.8. The van der Waals surface area contributed by atoms with Crippen LogP contribution in [0.1, 0.15) is 27.8 Å². The summed E-state index contributed by atoms with van der Waals surface area (Å²) >= 11 is 12.9. The first-order valence-electron chi connectivity index (χ1n) is 10.8. The number of methoxy groups -OCH3 is 1. The molecule has 35 heavy (non-hydrogen) atoms. The van der Waals surface area contributed by atoms with E-state index in [1.54, 1.807) is 30.3 Å². The van der Waals surface area contributed by atoms with E-state index in [1.165, 1.54) is 13.2 Å². The van der Waals surface area contributed by atoms with Crippen LogP contribution in [0.3, 0.4) is 0 Å². The van der Waals surface area contributed by atoms with Crippen LogP contribution >= 0.6 is 23.2 Å². The monoisotopic (exact) mass is 508 g/mol. The minimum absolute atomic E-state index is 0.192. The predicted molar refractivity (Wildman–Crippen MR) is 137 cm³/mol. The van der Waals surface area contributed by atoms with Crippen LogP contribution < -0.4 is 15.0 Å². The molecule has 0 bridgehead atoms. The van der Waals surface area contributed by atoms with Gasteiger partial charge in [-0.2, -0.15) is 0 Å². The van der Waals surface area contributed by atoms with Crippen molar-refractivity contribution in [3.63, 3.8) is 0 Å². The Labute approximate surface area is 213 Å². The van der Waals surface area contributed by atoms with Crippen LogP contribution in [0.2, 0.25) is 10.0 Å². The highest BCUT2D eigenvalue weighted by Crippen LogP contribution is 2.34. The Balaban J connectivity index is 1.73. The lowest BCUT2D eigenvalue weighted by Crippen LogP contribution is -2.54. The molecule has 1 fully saturated rings. The maximum atomic E-state index is 13.3. The quantitative estimate of drug-likeness (QED) is 0.345.